The van der Waals surface area contributed by atoms with Crippen LogP contribution in [0.25, 0.3) is 0 Å². The van der Waals surface area contributed by atoms with Gasteiger partial charge in [-0.05, 0) is 26.0 Å². The Labute approximate surface area is 115 Å². The number of nitrogens with zero attached hydrogens (tertiary/aromatic N) is 1. The molecule has 1 aromatic rings. The van der Waals surface area contributed by atoms with Crippen molar-refractivity contribution in [2.24, 2.45) is 11.1 Å². The van der Waals surface area contributed by atoms with E-state index in [1.54, 1.807) is 13.8 Å². The molecule has 8 nitrogen and oxygen atoms in total. The molecule has 0 aliphatic heterocycles. The summed E-state index contributed by atoms with van der Waals surface area (Å²) in [5.74, 6) is -0.583. The maximum absolute atomic E-state index is 11.5. The van der Waals surface area contributed by atoms with Gasteiger partial charge in [-0.25, -0.2) is 4.79 Å². The van der Waals surface area contributed by atoms with Crippen LogP contribution >= 0.6 is 0 Å². The Morgan fingerprint density at radius 3 is 2.35 bits per heavy atom. The first-order valence-corrected chi connectivity index (χ1v) is 5.70. The molecule has 0 spiro atoms. The fraction of sp³-hybridized carbons (Fsp3) is 0.333. The number of carbonyl (C=O) groups excluding carboxylic acids is 2. The van der Waals surface area contributed by atoms with E-state index < -0.39 is 22.3 Å². The van der Waals surface area contributed by atoms with Crippen molar-refractivity contribution in [1.29, 1.82) is 0 Å². The Balaban J connectivity index is 2.54. The molecule has 0 aliphatic carbocycles. The van der Waals surface area contributed by atoms with E-state index in [2.05, 4.69) is 5.32 Å². The molecule has 0 atom stereocenters. The van der Waals surface area contributed by atoms with Crippen LogP contribution in [0.2, 0.25) is 0 Å². The van der Waals surface area contributed by atoms with Crippen molar-refractivity contribution >= 4 is 23.4 Å². The highest BCUT2D eigenvalue weighted by Crippen LogP contribution is 2.17. The minimum atomic E-state index is -0.965. The number of nitrogens with two attached hydrogens (primary N) is 1. The molecule has 0 aromatic heterocycles. The highest BCUT2D eigenvalue weighted by Gasteiger charge is 2.26. The van der Waals surface area contributed by atoms with Crippen LogP contribution in [-0.4, -0.2) is 23.5 Å². The first-order valence-electron chi connectivity index (χ1n) is 5.70. The number of hydrogen-bond donors (Lipinski definition) is 2. The van der Waals surface area contributed by atoms with Gasteiger partial charge in [0.1, 0.15) is 6.61 Å². The molecule has 2 amide bonds. The van der Waals surface area contributed by atoms with Gasteiger partial charge in [0, 0.05) is 17.8 Å². The van der Waals surface area contributed by atoms with Gasteiger partial charge >= 0.3 is 6.09 Å². The summed E-state index contributed by atoms with van der Waals surface area (Å²) in [7, 11) is 0. The minimum absolute atomic E-state index is 0.0845. The quantitative estimate of drug-likeness (QED) is 0.627. The molecule has 108 valence electrons. The number of nitro benzene ring substituents is 1. The Morgan fingerprint density at radius 1 is 1.35 bits per heavy atom. The third-order valence-electron chi connectivity index (χ3n) is 2.56. The maximum Gasteiger partial charge on any atom is 0.411 e. The van der Waals surface area contributed by atoms with Crippen LogP contribution in [0.4, 0.5) is 16.2 Å². The van der Waals surface area contributed by atoms with Crippen molar-refractivity contribution in [3.05, 3.63) is 34.4 Å². The third kappa shape index (κ3) is 4.23. The third-order valence-corrected chi connectivity index (χ3v) is 2.56. The number of primary amides is 1. The van der Waals surface area contributed by atoms with Gasteiger partial charge < -0.3 is 10.5 Å². The van der Waals surface area contributed by atoms with Crippen LogP contribution < -0.4 is 11.1 Å². The van der Waals surface area contributed by atoms with Crippen molar-refractivity contribution < 1.29 is 19.2 Å². The van der Waals surface area contributed by atoms with Crippen LogP contribution in [0.5, 0.6) is 0 Å². The van der Waals surface area contributed by atoms with Gasteiger partial charge in [0.2, 0.25) is 5.91 Å². The first kappa shape index (κ1) is 15.4. The normalized spacial score (nSPS) is 10.7. The first-order chi connectivity index (χ1) is 9.22. The highest BCUT2D eigenvalue weighted by molar-refractivity contribution is 5.85. The predicted molar refractivity (Wildman–Crippen MR) is 71.0 cm³/mol. The van der Waals surface area contributed by atoms with E-state index in [9.17, 15) is 19.7 Å². The Hall–Kier alpha value is -2.64. The number of carbonyl (C=O) groups is 2. The number of nitrogens with one attached hydrogen (secondary N) is 1. The fourth-order valence-electron chi connectivity index (χ4n) is 1.14. The van der Waals surface area contributed by atoms with Crippen LogP contribution in [0.15, 0.2) is 24.3 Å². The van der Waals surface area contributed by atoms with E-state index in [1.807, 2.05) is 0 Å². The molecule has 3 N–H and O–H groups in total. The highest BCUT2D eigenvalue weighted by atomic mass is 16.6. The number of non-ortho nitro benzene ring substituents is 1. The number of anilines is 1. The van der Waals surface area contributed by atoms with Gasteiger partial charge in [-0.15, -0.1) is 0 Å². The summed E-state index contributed by atoms with van der Waals surface area (Å²) in [6, 6.07) is 5.25. The van der Waals surface area contributed by atoms with E-state index in [-0.39, 0.29) is 12.3 Å². The molecule has 1 aromatic carbocycles. The molecule has 0 saturated heterocycles. The molecular formula is C12H15N3O5. The zero-order valence-corrected chi connectivity index (χ0v) is 11.1. The summed E-state index contributed by atoms with van der Waals surface area (Å²) in [5.41, 5.74) is 4.43. The van der Waals surface area contributed by atoms with Gasteiger partial charge in [-0.2, -0.15) is 0 Å². The molecule has 0 unspecified atom stereocenters. The smallest absolute Gasteiger partial charge is 0.411 e. The molecule has 8 heteroatoms. The molecule has 0 heterocycles. The van der Waals surface area contributed by atoms with Gasteiger partial charge in [-0.3, -0.25) is 20.2 Å². The summed E-state index contributed by atoms with van der Waals surface area (Å²) in [6.07, 6.45) is -0.770. The van der Waals surface area contributed by atoms with Crippen LogP contribution in [0.3, 0.4) is 0 Å². The van der Waals surface area contributed by atoms with Crippen molar-refractivity contribution in [2.45, 2.75) is 13.8 Å². The Kier molecular flexibility index (Phi) is 4.63. The molecule has 0 bridgehead atoms. The van der Waals surface area contributed by atoms with Crippen molar-refractivity contribution in [3.8, 4) is 0 Å². The van der Waals surface area contributed by atoms with Crippen molar-refractivity contribution in [2.75, 3.05) is 11.9 Å². The molecule has 0 radical (unpaired) electrons. The second-order valence-electron chi connectivity index (χ2n) is 4.75. The van der Waals surface area contributed by atoms with Crippen molar-refractivity contribution in [3.63, 3.8) is 0 Å². The Morgan fingerprint density at radius 2 is 1.90 bits per heavy atom. The largest absolute Gasteiger partial charge is 0.448 e. The lowest BCUT2D eigenvalue weighted by Gasteiger charge is -2.19. The summed E-state index contributed by atoms with van der Waals surface area (Å²) in [5, 5.41) is 12.8. The average molecular weight is 281 g/mol. The second kappa shape index (κ2) is 6.00. The Bertz CT molecular complexity index is 524. The SMILES string of the molecule is CC(C)(COC(=O)Nc1ccc([N+](=O)[O-])cc1)C(N)=O. The van der Waals surface area contributed by atoms with Crippen molar-refractivity contribution in [1.82, 2.24) is 0 Å². The van der Waals surface area contributed by atoms with Crippen LogP contribution in [-0.2, 0) is 9.53 Å². The number of ether oxygens (including phenoxy) is 1. The number of nitro groups is 1. The lowest BCUT2D eigenvalue weighted by molar-refractivity contribution is -0.384. The lowest BCUT2D eigenvalue weighted by atomic mass is 9.94. The second-order valence-corrected chi connectivity index (χ2v) is 4.75. The maximum atomic E-state index is 11.5. The molecule has 0 fully saturated rings. The standard InChI is InChI=1S/C12H15N3O5/c1-12(2,10(13)16)7-20-11(17)14-8-3-5-9(6-4-8)15(18)19/h3-6H,7H2,1-2H3,(H2,13,16)(H,14,17). The zero-order chi connectivity index (χ0) is 15.3. The summed E-state index contributed by atoms with van der Waals surface area (Å²) < 4.78 is 4.86. The summed E-state index contributed by atoms with van der Waals surface area (Å²) >= 11 is 0. The monoisotopic (exact) mass is 281 g/mol. The minimum Gasteiger partial charge on any atom is -0.448 e. The van der Waals surface area contributed by atoms with Crippen LogP contribution in [0.1, 0.15) is 13.8 Å². The number of rotatable bonds is 5. The molecule has 1 rings (SSSR count). The molecule has 20 heavy (non-hydrogen) atoms. The van der Waals surface area contributed by atoms with Crippen LogP contribution in [0, 0.1) is 15.5 Å². The summed E-state index contributed by atoms with van der Waals surface area (Å²) in [6.45, 7) is 2.93. The number of benzene rings is 1. The van der Waals surface area contributed by atoms with Gasteiger partial charge in [0.15, 0.2) is 0 Å². The lowest BCUT2D eigenvalue weighted by Crippen LogP contribution is -2.36. The molecule has 0 aliphatic rings. The van der Waals surface area contributed by atoms with E-state index in [4.69, 9.17) is 10.5 Å². The van der Waals surface area contributed by atoms with Gasteiger partial charge in [-0.1, -0.05) is 0 Å². The predicted octanol–water partition coefficient (Wildman–Crippen LogP) is 1.65. The van der Waals surface area contributed by atoms with E-state index in [0.717, 1.165) is 0 Å². The molecular weight excluding hydrogens is 266 g/mol. The van der Waals surface area contributed by atoms with Gasteiger partial charge in [0.05, 0.1) is 10.3 Å². The van der Waals surface area contributed by atoms with E-state index in [1.165, 1.54) is 24.3 Å². The van der Waals surface area contributed by atoms with E-state index in [0.29, 0.717) is 5.69 Å². The molecule has 0 saturated carbocycles. The number of amides is 2. The van der Waals surface area contributed by atoms with E-state index >= 15 is 0 Å². The summed E-state index contributed by atoms with van der Waals surface area (Å²) in [4.78, 5) is 32.4. The fourth-order valence-corrected chi connectivity index (χ4v) is 1.14. The zero-order valence-electron chi connectivity index (χ0n) is 11.1. The number of hydrogen-bond acceptors (Lipinski definition) is 5. The topological polar surface area (TPSA) is 125 Å². The average Bonchev–Trinajstić information content (AvgIpc) is 2.37. The van der Waals surface area contributed by atoms with Gasteiger partial charge in [0.25, 0.3) is 5.69 Å².